The van der Waals surface area contributed by atoms with Crippen molar-refractivity contribution in [3.63, 3.8) is 0 Å². The molecule has 18 heavy (non-hydrogen) atoms. The summed E-state index contributed by atoms with van der Waals surface area (Å²) in [4.78, 5) is 0. The van der Waals surface area contributed by atoms with Gasteiger partial charge in [-0.05, 0) is 12.1 Å². The van der Waals surface area contributed by atoms with E-state index >= 15 is 0 Å². The van der Waals surface area contributed by atoms with Crippen LogP contribution in [0.25, 0.3) is 0 Å². The number of aliphatic hydroxyl groups is 2. The molecule has 0 atom stereocenters. The molecule has 0 aliphatic rings. The lowest BCUT2D eigenvalue weighted by molar-refractivity contribution is 0.0806. The van der Waals surface area contributed by atoms with Crippen molar-refractivity contribution in [2.45, 2.75) is 6.92 Å². The van der Waals surface area contributed by atoms with Crippen LogP contribution < -0.4 is 14.8 Å². The number of benzene rings is 1. The van der Waals surface area contributed by atoms with Crippen molar-refractivity contribution in [1.82, 2.24) is 0 Å². The van der Waals surface area contributed by atoms with Crippen molar-refractivity contribution in [3.05, 3.63) is 18.2 Å². The molecule has 0 heterocycles. The van der Waals surface area contributed by atoms with E-state index in [4.69, 9.17) is 9.47 Å². The summed E-state index contributed by atoms with van der Waals surface area (Å²) in [6.45, 7) is 2.04. The van der Waals surface area contributed by atoms with Gasteiger partial charge in [-0.1, -0.05) is 6.92 Å². The molecule has 0 saturated carbocycles. The summed E-state index contributed by atoms with van der Waals surface area (Å²) in [6.07, 6.45) is 0. The number of aliphatic hydroxyl groups excluding tert-OH is 2. The lowest BCUT2D eigenvalue weighted by Crippen LogP contribution is -2.34. The van der Waals surface area contributed by atoms with E-state index in [-0.39, 0.29) is 13.2 Å². The van der Waals surface area contributed by atoms with E-state index in [1.807, 2.05) is 6.07 Å². The average molecular weight is 255 g/mol. The molecule has 5 nitrogen and oxygen atoms in total. The SMILES string of the molecule is COc1ccc(OC)c(NCC(C)(CO)CO)c1. The van der Waals surface area contributed by atoms with Crippen molar-refractivity contribution in [3.8, 4) is 11.5 Å². The topological polar surface area (TPSA) is 71.0 Å². The molecule has 0 bridgehead atoms. The van der Waals surface area contributed by atoms with Gasteiger partial charge in [-0.3, -0.25) is 0 Å². The number of nitrogens with one attached hydrogen (secondary N) is 1. The van der Waals surface area contributed by atoms with Gasteiger partial charge in [-0.2, -0.15) is 0 Å². The van der Waals surface area contributed by atoms with E-state index in [1.165, 1.54) is 0 Å². The van der Waals surface area contributed by atoms with Gasteiger partial charge in [-0.15, -0.1) is 0 Å². The molecule has 1 aromatic rings. The van der Waals surface area contributed by atoms with Crippen molar-refractivity contribution in [2.24, 2.45) is 5.41 Å². The second-order valence-electron chi connectivity index (χ2n) is 4.55. The third-order valence-corrected chi connectivity index (χ3v) is 2.88. The maximum absolute atomic E-state index is 9.23. The van der Waals surface area contributed by atoms with Gasteiger partial charge in [0.2, 0.25) is 0 Å². The van der Waals surface area contributed by atoms with Crippen LogP contribution in [-0.2, 0) is 0 Å². The van der Waals surface area contributed by atoms with Gasteiger partial charge in [0, 0.05) is 18.0 Å². The van der Waals surface area contributed by atoms with E-state index in [0.717, 1.165) is 5.69 Å². The Morgan fingerprint density at radius 2 is 1.83 bits per heavy atom. The van der Waals surface area contributed by atoms with Gasteiger partial charge in [0.15, 0.2) is 0 Å². The molecule has 0 saturated heterocycles. The minimum Gasteiger partial charge on any atom is -0.497 e. The lowest BCUT2D eigenvalue weighted by Gasteiger charge is -2.26. The molecule has 0 radical (unpaired) electrons. The maximum atomic E-state index is 9.23. The molecular formula is C13H21NO4. The highest BCUT2D eigenvalue weighted by Gasteiger charge is 2.22. The Bertz CT molecular complexity index is 377. The molecule has 1 aromatic carbocycles. The number of ether oxygens (including phenoxy) is 2. The van der Waals surface area contributed by atoms with Crippen molar-refractivity contribution in [1.29, 1.82) is 0 Å². The monoisotopic (exact) mass is 255 g/mol. The summed E-state index contributed by atoms with van der Waals surface area (Å²) in [7, 11) is 3.18. The van der Waals surface area contributed by atoms with Crippen LogP contribution in [-0.4, -0.2) is 44.2 Å². The Balaban J connectivity index is 2.82. The number of hydrogen-bond acceptors (Lipinski definition) is 5. The van der Waals surface area contributed by atoms with Crippen LogP contribution in [0.4, 0.5) is 5.69 Å². The number of hydrogen-bond donors (Lipinski definition) is 3. The predicted molar refractivity (Wildman–Crippen MR) is 70.3 cm³/mol. The van der Waals surface area contributed by atoms with Crippen LogP contribution >= 0.6 is 0 Å². The quantitative estimate of drug-likeness (QED) is 0.680. The number of methoxy groups -OCH3 is 2. The van der Waals surface area contributed by atoms with Crippen LogP contribution in [0.5, 0.6) is 11.5 Å². The standard InChI is InChI=1S/C13H21NO4/c1-13(8-15,9-16)7-14-11-6-10(17-2)4-5-12(11)18-3/h4-6,14-16H,7-9H2,1-3H3. The van der Waals surface area contributed by atoms with Crippen LogP contribution in [0, 0.1) is 5.41 Å². The van der Waals surface area contributed by atoms with Gasteiger partial charge in [0.05, 0.1) is 33.1 Å². The summed E-state index contributed by atoms with van der Waals surface area (Å²) in [5.41, 5.74) is 0.193. The smallest absolute Gasteiger partial charge is 0.142 e. The Labute approximate surface area is 107 Å². The second-order valence-corrected chi connectivity index (χ2v) is 4.55. The highest BCUT2D eigenvalue weighted by molar-refractivity contribution is 5.59. The summed E-state index contributed by atoms with van der Waals surface area (Å²) in [5, 5.41) is 21.6. The van der Waals surface area contributed by atoms with E-state index in [1.54, 1.807) is 33.3 Å². The normalized spacial score (nSPS) is 11.2. The minimum atomic E-state index is -0.575. The summed E-state index contributed by atoms with van der Waals surface area (Å²) >= 11 is 0. The molecule has 0 aromatic heterocycles. The third-order valence-electron chi connectivity index (χ3n) is 2.88. The molecule has 0 aliphatic carbocycles. The predicted octanol–water partition coefficient (Wildman–Crippen LogP) is 1.11. The largest absolute Gasteiger partial charge is 0.497 e. The maximum Gasteiger partial charge on any atom is 0.142 e. The first-order chi connectivity index (χ1) is 8.58. The van der Waals surface area contributed by atoms with E-state index in [0.29, 0.717) is 18.0 Å². The molecule has 3 N–H and O–H groups in total. The Morgan fingerprint density at radius 3 is 2.33 bits per heavy atom. The van der Waals surface area contributed by atoms with Gasteiger partial charge < -0.3 is 25.0 Å². The highest BCUT2D eigenvalue weighted by Crippen LogP contribution is 2.29. The van der Waals surface area contributed by atoms with E-state index in [2.05, 4.69) is 5.32 Å². The van der Waals surface area contributed by atoms with Crippen LogP contribution in [0.2, 0.25) is 0 Å². The zero-order chi connectivity index (χ0) is 13.6. The Hall–Kier alpha value is -1.46. The third kappa shape index (κ3) is 3.51. The number of anilines is 1. The van der Waals surface area contributed by atoms with Gasteiger partial charge in [0.25, 0.3) is 0 Å². The van der Waals surface area contributed by atoms with Crippen LogP contribution in [0.1, 0.15) is 6.92 Å². The molecular weight excluding hydrogens is 234 g/mol. The summed E-state index contributed by atoms with van der Waals surface area (Å²) in [6, 6.07) is 5.42. The molecule has 1 rings (SSSR count). The highest BCUT2D eigenvalue weighted by atomic mass is 16.5. The van der Waals surface area contributed by atoms with Gasteiger partial charge in [0.1, 0.15) is 11.5 Å². The summed E-state index contributed by atoms with van der Waals surface area (Å²) in [5.74, 6) is 1.40. The first kappa shape index (κ1) is 14.6. The molecule has 102 valence electrons. The zero-order valence-corrected chi connectivity index (χ0v) is 11.1. The fourth-order valence-corrected chi connectivity index (χ4v) is 1.42. The number of rotatable bonds is 7. The molecule has 0 fully saturated rings. The second kappa shape index (κ2) is 6.47. The molecule has 0 aliphatic heterocycles. The van der Waals surface area contributed by atoms with Gasteiger partial charge >= 0.3 is 0 Å². The van der Waals surface area contributed by atoms with Crippen LogP contribution in [0.15, 0.2) is 18.2 Å². The average Bonchev–Trinajstić information content (AvgIpc) is 2.44. The van der Waals surface area contributed by atoms with Crippen LogP contribution in [0.3, 0.4) is 0 Å². The van der Waals surface area contributed by atoms with E-state index in [9.17, 15) is 10.2 Å². The Morgan fingerprint density at radius 1 is 1.17 bits per heavy atom. The molecule has 5 heteroatoms. The fraction of sp³-hybridized carbons (Fsp3) is 0.538. The first-order valence-corrected chi connectivity index (χ1v) is 5.76. The lowest BCUT2D eigenvalue weighted by atomic mass is 9.93. The van der Waals surface area contributed by atoms with Crippen molar-refractivity contribution >= 4 is 5.69 Å². The minimum absolute atomic E-state index is 0.0945. The Kier molecular flexibility index (Phi) is 5.25. The first-order valence-electron chi connectivity index (χ1n) is 5.76. The molecule has 0 amide bonds. The van der Waals surface area contributed by atoms with Crippen molar-refractivity contribution in [2.75, 3.05) is 39.3 Å². The van der Waals surface area contributed by atoms with Gasteiger partial charge in [-0.25, -0.2) is 0 Å². The zero-order valence-electron chi connectivity index (χ0n) is 11.1. The molecule has 0 spiro atoms. The molecule has 0 unspecified atom stereocenters. The fourth-order valence-electron chi connectivity index (χ4n) is 1.42. The van der Waals surface area contributed by atoms with Crippen molar-refractivity contribution < 1.29 is 19.7 Å². The summed E-state index contributed by atoms with van der Waals surface area (Å²) < 4.78 is 10.4. The van der Waals surface area contributed by atoms with E-state index < -0.39 is 5.41 Å².